The quantitative estimate of drug-likeness (QED) is 0.147. The molecule has 3 aliphatic carbocycles. The van der Waals surface area contributed by atoms with Crippen molar-refractivity contribution in [1.29, 1.82) is 0 Å². The smallest absolute Gasteiger partial charge is 0.130 e. The van der Waals surface area contributed by atoms with Crippen LogP contribution in [0.15, 0.2) is 60.7 Å². The number of hydrogen-bond donors (Lipinski definition) is 2. The molecule has 0 heterocycles. The molecule has 4 N–H and O–H groups in total. The minimum absolute atomic E-state index is 0.128. The highest BCUT2D eigenvalue weighted by molar-refractivity contribution is 5.58. The highest BCUT2D eigenvalue weighted by Gasteiger charge is 2.69. The van der Waals surface area contributed by atoms with Gasteiger partial charge in [0.05, 0.1) is 0 Å². The number of rotatable bonds is 12. The predicted octanol–water partition coefficient (Wildman–Crippen LogP) is 12.1. The molecule has 4 unspecified atom stereocenters. The van der Waals surface area contributed by atoms with Gasteiger partial charge in [-0.3, -0.25) is 0 Å². The number of nitrogens with two attached hydrogens (primary N) is 2. The zero-order chi connectivity index (χ0) is 35.2. The van der Waals surface area contributed by atoms with Gasteiger partial charge in [-0.25, -0.2) is 0 Å². The van der Waals surface area contributed by atoms with Gasteiger partial charge in [-0.15, -0.1) is 0 Å². The molecule has 0 saturated heterocycles. The van der Waals surface area contributed by atoms with Gasteiger partial charge in [-0.2, -0.15) is 0 Å². The second kappa shape index (κ2) is 13.7. The van der Waals surface area contributed by atoms with Crippen molar-refractivity contribution >= 4 is 11.4 Å². The minimum atomic E-state index is 0.128. The van der Waals surface area contributed by atoms with Crippen LogP contribution >= 0.6 is 0 Å². The molecule has 3 aliphatic rings. The van der Waals surface area contributed by atoms with Gasteiger partial charge in [0.25, 0.3) is 0 Å². The maximum Gasteiger partial charge on any atom is 0.130 e. The molecule has 4 heteroatoms. The Labute approximate surface area is 301 Å². The fraction of sp³-hybridized carbons (Fsp3) is 0.478. The van der Waals surface area contributed by atoms with Gasteiger partial charge in [-0.05, 0) is 190 Å². The van der Waals surface area contributed by atoms with Crippen molar-refractivity contribution in [3.05, 3.63) is 105 Å². The van der Waals surface area contributed by atoms with Crippen LogP contribution in [0.4, 0.5) is 11.4 Å². The summed E-state index contributed by atoms with van der Waals surface area (Å²) >= 11 is 0. The number of hydrogen-bond acceptors (Lipinski definition) is 4. The third-order valence-electron chi connectivity index (χ3n) is 13.0. The zero-order valence-corrected chi connectivity index (χ0v) is 31.4. The summed E-state index contributed by atoms with van der Waals surface area (Å²) in [6.07, 6.45) is 14.5. The largest absolute Gasteiger partial charge is 0.457 e. The lowest BCUT2D eigenvalue weighted by molar-refractivity contribution is 0.169. The van der Waals surface area contributed by atoms with Crippen LogP contribution in [-0.2, 0) is 23.7 Å². The van der Waals surface area contributed by atoms with Crippen LogP contribution in [0.25, 0.3) is 0 Å². The van der Waals surface area contributed by atoms with Gasteiger partial charge >= 0.3 is 0 Å². The SMILES string of the molecule is CCCCc1cc(C23CCC(C2)C2CCCC23c2cc(CCCC)c(Oc3ccc(N)c(C)c3)cc2C)c(C)cc1Oc1ccc(N)c(C)c1. The molecule has 264 valence electrons. The Morgan fingerprint density at radius 3 is 1.72 bits per heavy atom. The van der Waals surface area contributed by atoms with Crippen molar-refractivity contribution in [3.63, 3.8) is 0 Å². The van der Waals surface area contributed by atoms with Crippen LogP contribution in [0, 0.1) is 39.5 Å². The molecule has 0 radical (unpaired) electrons. The van der Waals surface area contributed by atoms with E-state index >= 15 is 0 Å². The van der Waals surface area contributed by atoms with Crippen LogP contribution in [0.3, 0.4) is 0 Å². The van der Waals surface area contributed by atoms with Gasteiger partial charge in [0.1, 0.15) is 23.0 Å². The standard InChI is InChI=1S/C46H58N2O2/c1-7-9-12-33-26-39(29(3)24-43(33)49-36-15-17-41(47)31(5)22-36)45-21-19-35(28-45)38-14-11-20-46(38,45)40-27-34(13-10-8-2)44(25-30(40)4)50-37-16-18-42(48)32(6)23-37/h15-18,22-27,35,38H,7-14,19-21,28,47-48H2,1-6H3. The van der Waals surface area contributed by atoms with Crippen LogP contribution in [0.5, 0.6) is 23.0 Å². The molecule has 4 aromatic carbocycles. The van der Waals surface area contributed by atoms with Gasteiger partial charge in [0.15, 0.2) is 0 Å². The molecule has 0 aliphatic heterocycles. The van der Waals surface area contributed by atoms with E-state index in [0.717, 1.165) is 95.9 Å². The van der Waals surface area contributed by atoms with Crippen molar-refractivity contribution in [1.82, 2.24) is 0 Å². The lowest BCUT2D eigenvalue weighted by Gasteiger charge is -2.51. The zero-order valence-electron chi connectivity index (χ0n) is 31.4. The fourth-order valence-corrected chi connectivity index (χ4v) is 10.6. The Balaban J connectivity index is 1.35. The third kappa shape index (κ3) is 5.77. The van der Waals surface area contributed by atoms with E-state index in [0.29, 0.717) is 0 Å². The number of fused-ring (bicyclic) bond motifs is 5. The summed E-state index contributed by atoms with van der Waals surface area (Å²) in [5, 5.41) is 0. The second-order valence-electron chi connectivity index (χ2n) is 16.1. The van der Waals surface area contributed by atoms with Gasteiger partial charge < -0.3 is 20.9 Å². The average Bonchev–Trinajstić information content (AvgIpc) is 3.80. The van der Waals surface area contributed by atoms with Crippen molar-refractivity contribution in [2.24, 2.45) is 11.8 Å². The monoisotopic (exact) mass is 670 g/mol. The van der Waals surface area contributed by atoms with Gasteiger partial charge in [-0.1, -0.05) is 45.2 Å². The van der Waals surface area contributed by atoms with Crippen LogP contribution in [-0.4, -0.2) is 0 Å². The molecule has 3 fully saturated rings. The number of benzene rings is 4. The normalized spacial score (nSPS) is 23.7. The molecule has 0 spiro atoms. The van der Waals surface area contributed by atoms with Gasteiger partial charge in [0.2, 0.25) is 0 Å². The van der Waals surface area contributed by atoms with E-state index in [2.05, 4.69) is 77.9 Å². The molecule has 0 amide bonds. The van der Waals surface area contributed by atoms with E-state index in [1.165, 1.54) is 60.8 Å². The summed E-state index contributed by atoms with van der Waals surface area (Å²) in [7, 11) is 0. The lowest BCUT2D eigenvalue weighted by atomic mass is 9.52. The Hall–Kier alpha value is -3.92. The molecular weight excluding hydrogens is 613 g/mol. The van der Waals surface area contributed by atoms with E-state index in [4.69, 9.17) is 20.9 Å². The first-order chi connectivity index (χ1) is 24.1. The summed E-state index contributed by atoms with van der Waals surface area (Å²) in [4.78, 5) is 0. The first kappa shape index (κ1) is 34.5. The van der Waals surface area contributed by atoms with Crippen molar-refractivity contribution < 1.29 is 9.47 Å². The number of ether oxygens (including phenoxy) is 2. The summed E-state index contributed by atoms with van der Waals surface area (Å²) in [5.74, 6) is 5.25. The Morgan fingerprint density at radius 2 is 1.18 bits per heavy atom. The summed E-state index contributed by atoms with van der Waals surface area (Å²) in [5.41, 5.74) is 24.9. The van der Waals surface area contributed by atoms with Crippen molar-refractivity contribution in [2.75, 3.05) is 11.5 Å². The molecule has 3 saturated carbocycles. The van der Waals surface area contributed by atoms with E-state index in [9.17, 15) is 0 Å². The summed E-state index contributed by atoms with van der Waals surface area (Å²) in [6.45, 7) is 13.4. The fourth-order valence-electron chi connectivity index (χ4n) is 10.6. The highest BCUT2D eigenvalue weighted by Crippen LogP contribution is 2.74. The third-order valence-corrected chi connectivity index (χ3v) is 13.0. The Bertz CT molecular complexity index is 1890. The van der Waals surface area contributed by atoms with E-state index in [-0.39, 0.29) is 10.8 Å². The van der Waals surface area contributed by atoms with Crippen molar-refractivity contribution in [3.8, 4) is 23.0 Å². The van der Waals surface area contributed by atoms with E-state index in [1.807, 2.05) is 24.3 Å². The molecule has 50 heavy (non-hydrogen) atoms. The number of unbranched alkanes of at least 4 members (excludes halogenated alkanes) is 2. The molecule has 4 aromatic rings. The molecule has 7 rings (SSSR count). The van der Waals surface area contributed by atoms with Crippen LogP contribution in [0.2, 0.25) is 0 Å². The Morgan fingerprint density at radius 1 is 0.640 bits per heavy atom. The van der Waals surface area contributed by atoms with Crippen molar-refractivity contribution in [2.45, 2.75) is 129 Å². The Kier molecular flexibility index (Phi) is 9.43. The van der Waals surface area contributed by atoms with Crippen LogP contribution in [0.1, 0.15) is 123 Å². The molecule has 0 aromatic heterocycles. The average molecular weight is 671 g/mol. The maximum atomic E-state index is 6.69. The number of nitrogen functional groups attached to an aromatic ring is 2. The summed E-state index contributed by atoms with van der Waals surface area (Å²) in [6, 6.07) is 22.0. The molecule has 4 atom stereocenters. The summed E-state index contributed by atoms with van der Waals surface area (Å²) < 4.78 is 13.4. The molecule has 4 nitrogen and oxygen atoms in total. The highest BCUT2D eigenvalue weighted by atomic mass is 16.5. The topological polar surface area (TPSA) is 70.5 Å². The number of anilines is 2. The molecular formula is C46H58N2O2. The molecule has 2 bridgehead atoms. The number of aryl methyl sites for hydroxylation is 6. The minimum Gasteiger partial charge on any atom is -0.457 e. The predicted molar refractivity (Wildman–Crippen MR) is 209 cm³/mol. The van der Waals surface area contributed by atoms with E-state index < -0.39 is 0 Å². The van der Waals surface area contributed by atoms with Gasteiger partial charge in [0, 0.05) is 22.2 Å². The van der Waals surface area contributed by atoms with E-state index in [1.54, 1.807) is 11.1 Å². The first-order valence-corrected chi connectivity index (χ1v) is 19.5. The van der Waals surface area contributed by atoms with Crippen LogP contribution < -0.4 is 20.9 Å². The first-order valence-electron chi connectivity index (χ1n) is 19.5. The second-order valence-corrected chi connectivity index (χ2v) is 16.1. The lowest BCUT2D eigenvalue weighted by Crippen LogP contribution is -2.48. The maximum absolute atomic E-state index is 6.69.